The smallest absolute Gasteiger partial charge is 0.300 e. The van der Waals surface area contributed by atoms with E-state index in [2.05, 4.69) is 19.4 Å². The van der Waals surface area contributed by atoms with Gasteiger partial charge in [-0.3, -0.25) is 4.72 Å². The summed E-state index contributed by atoms with van der Waals surface area (Å²) < 4.78 is 47.6. The van der Waals surface area contributed by atoms with Gasteiger partial charge in [0, 0.05) is 20.1 Å². The second kappa shape index (κ2) is 12.9. The van der Waals surface area contributed by atoms with Gasteiger partial charge in [-0.15, -0.1) is 0 Å². The Bertz CT molecular complexity index is 1230. The summed E-state index contributed by atoms with van der Waals surface area (Å²) in [7, 11) is -1.05. The second-order valence-corrected chi connectivity index (χ2v) is 8.89. The van der Waals surface area contributed by atoms with Crippen LogP contribution in [0.3, 0.4) is 0 Å². The molecule has 36 heavy (non-hydrogen) atoms. The van der Waals surface area contributed by atoms with Crippen molar-refractivity contribution in [3.63, 3.8) is 0 Å². The molecule has 0 radical (unpaired) electrons. The summed E-state index contributed by atoms with van der Waals surface area (Å²) in [6.07, 6.45) is 0. The van der Waals surface area contributed by atoms with Crippen molar-refractivity contribution >= 4 is 22.0 Å². The summed E-state index contributed by atoms with van der Waals surface area (Å²) >= 11 is 0. The van der Waals surface area contributed by atoms with Crippen LogP contribution >= 0.6 is 0 Å². The molecule has 0 atom stereocenters. The number of methoxy groups -OCH3 is 1. The molecule has 13 heteroatoms. The fourth-order valence-corrected chi connectivity index (χ4v) is 3.81. The van der Waals surface area contributed by atoms with Crippen molar-refractivity contribution in [3.05, 3.63) is 60.2 Å². The SMILES string of the molecule is COc1ccccc1Oc1c(NS(=O)(=O)NCc2ccccc2)nc(N(C)CCO)nc1OCCO. The number of aliphatic hydroxyl groups is 2. The molecular formula is C23H29N5O7S. The second-order valence-electron chi connectivity index (χ2n) is 7.39. The number of benzene rings is 2. The number of ether oxygens (including phenoxy) is 3. The van der Waals surface area contributed by atoms with E-state index in [1.807, 2.05) is 6.07 Å². The van der Waals surface area contributed by atoms with Crippen LogP contribution in [-0.4, -0.2) is 69.1 Å². The largest absolute Gasteiger partial charge is 0.493 e. The minimum Gasteiger partial charge on any atom is -0.493 e. The highest BCUT2D eigenvalue weighted by Gasteiger charge is 2.25. The molecule has 0 fully saturated rings. The van der Waals surface area contributed by atoms with Crippen molar-refractivity contribution in [2.45, 2.75) is 6.54 Å². The molecule has 0 saturated carbocycles. The van der Waals surface area contributed by atoms with Gasteiger partial charge in [0.05, 0.1) is 20.3 Å². The Labute approximate surface area is 209 Å². The fourth-order valence-electron chi connectivity index (χ4n) is 2.99. The van der Waals surface area contributed by atoms with Crippen molar-refractivity contribution < 1.29 is 32.8 Å². The third-order valence-corrected chi connectivity index (χ3v) is 5.74. The summed E-state index contributed by atoms with van der Waals surface area (Å²) in [5.74, 6) is 0.216. The van der Waals surface area contributed by atoms with Crippen LogP contribution in [-0.2, 0) is 16.8 Å². The van der Waals surface area contributed by atoms with Crippen LogP contribution in [0.2, 0.25) is 0 Å². The highest BCUT2D eigenvalue weighted by molar-refractivity contribution is 7.90. The van der Waals surface area contributed by atoms with E-state index in [9.17, 15) is 18.6 Å². The minimum absolute atomic E-state index is 0.0368. The first-order chi connectivity index (χ1) is 17.4. The molecule has 0 aliphatic heterocycles. The molecule has 2 aromatic carbocycles. The Balaban J connectivity index is 2.03. The van der Waals surface area contributed by atoms with E-state index in [1.54, 1.807) is 55.6 Å². The number of nitrogens with zero attached hydrogens (tertiary/aromatic N) is 3. The molecule has 0 amide bonds. The molecular weight excluding hydrogens is 490 g/mol. The first kappa shape index (κ1) is 26.9. The first-order valence-corrected chi connectivity index (χ1v) is 12.4. The normalized spacial score (nSPS) is 11.1. The number of rotatable bonds is 14. The lowest BCUT2D eigenvalue weighted by molar-refractivity contribution is 0.192. The Morgan fingerprint density at radius 3 is 2.33 bits per heavy atom. The Kier molecular flexibility index (Phi) is 9.64. The number of aliphatic hydroxyl groups excluding tert-OH is 2. The van der Waals surface area contributed by atoms with E-state index in [1.165, 1.54) is 12.0 Å². The molecule has 0 bridgehead atoms. The monoisotopic (exact) mass is 519 g/mol. The lowest BCUT2D eigenvalue weighted by atomic mass is 10.2. The van der Waals surface area contributed by atoms with Gasteiger partial charge in [-0.05, 0) is 17.7 Å². The van der Waals surface area contributed by atoms with Crippen molar-refractivity contribution in [1.82, 2.24) is 14.7 Å². The van der Waals surface area contributed by atoms with Crippen molar-refractivity contribution in [2.24, 2.45) is 0 Å². The average molecular weight is 520 g/mol. The molecule has 0 aliphatic rings. The van der Waals surface area contributed by atoms with Crippen molar-refractivity contribution in [3.8, 4) is 23.1 Å². The van der Waals surface area contributed by atoms with Crippen LogP contribution in [0.1, 0.15) is 5.56 Å². The van der Waals surface area contributed by atoms with E-state index < -0.39 is 10.2 Å². The van der Waals surface area contributed by atoms with Crippen LogP contribution in [0, 0.1) is 0 Å². The number of hydrogen-bond acceptors (Lipinski definition) is 10. The number of hydrogen-bond donors (Lipinski definition) is 4. The van der Waals surface area contributed by atoms with Crippen LogP contribution in [0.4, 0.5) is 11.8 Å². The maximum Gasteiger partial charge on any atom is 0.300 e. The maximum atomic E-state index is 12.9. The van der Waals surface area contributed by atoms with Crippen molar-refractivity contribution in [2.75, 3.05) is 50.1 Å². The van der Waals surface area contributed by atoms with Gasteiger partial charge in [0.25, 0.3) is 5.88 Å². The van der Waals surface area contributed by atoms with E-state index in [4.69, 9.17) is 14.2 Å². The highest BCUT2D eigenvalue weighted by Crippen LogP contribution is 2.41. The predicted molar refractivity (Wildman–Crippen MR) is 134 cm³/mol. The van der Waals surface area contributed by atoms with Crippen LogP contribution in [0.15, 0.2) is 54.6 Å². The Morgan fingerprint density at radius 2 is 1.67 bits per heavy atom. The van der Waals surface area contributed by atoms with Gasteiger partial charge in [0.15, 0.2) is 17.3 Å². The maximum absolute atomic E-state index is 12.9. The van der Waals surface area contributed by atoms with Crippen molar-refractivity contribution in [1.29, 1.82) is 0 Å². The predicted octanol–water partition coefficient (Wildman–Crippen LogP) is 1.52. The number of likely N-dealkylation sites (N-methyl/N-ethyl adjacent to an activating group) is 1. The minimum atomic E-state index is -4.13. The number of aromatic nitrogens is 2. The molecule has 0 saturated heterocycles. The highest BCUT2D eigenvalue weighted by atomic mass is 32.2. The third-order valence-electron chi connectivity index (χ3n) is 4.75. The molecule has 3 aromatic rings. The van der Waals surface area contributed by atoms with Gasteiger partial charge >= 0.3 is 10.2 Å². The van der Waals surface area contributed by atoms with E-state index >= 15 is 0 Å². The van der Waals surface area contributed by atoms with Gasteiger partial charge in [-0.1, -0.05) is 42.5 Å². The van der Waals surface area contributed by atoms with E-state index in [0.717, 1.165) is 5.56 Å². The topological polar surface area (TPSA) is 155 Å². The molecule has 0 aliphatic carbocycles. The van der Waals surface area contributed by atoms with Crippen LogP contribution < -0.4 is 28.6 Å². The lowest BCUT2D eigenvalue weighted by Gasteiger charge is -2.21. The summed E-state index contributed by atoms with van der Waals surface area (Å²) in [6.45, 7) is -0.438. The summed E-state index contributed by atoms with van der Waals surface area (Å²) in [4.78, 5) is 10.1. The van der Waals surface area contributed by atoms with Gasteiger partial charge in [0.1, 0.15) is 6.61 Å². The van der Waals surface area contributed by atoms with Gasteiger partial charge in [-0.25, -0.2) is 0 Å². The molecule has 4 N–H and O–H groups in total. The quantitative estimate of drug-likeness (QED) is 0.246. The standard InChI is InChI=1S/C23H29N5O7S/c1-28(12-13-29)23-25-21(27-36(31,32)24-16-17-8-4-3-5-9-17)20(22(26-23)34-15-14-30)35-19-11-7-6-10-18(19)33-2/h3-11,24,29-30H,12-16H2,1-2H3,(H,25,26,27). The zero-order chi connectivity index (χ0) is 26.0. The molecule has 0 spiro atoms. The summed E-state index contributed by atoms with van der Waals surface area (Å²) in [5.41, 5.74) is 0.756. The first-order valence-electron chi connectivity index (χ1n) is 11.0. The number of anilines is 2. The fraction of sp³-hybridized carbons (Fsp3) is 0.304. The van der Waals surface area contributed by atoms with Gasteiger partial charge in [0.2, 0.25) is 11.7 Å². The van der Waals surface area contributed by atoms with E-state index in [-0.39, 0.29) is 62.1 Å². The summed E-state index contributed by atoms with van der Waals surface area (Å²) in [6, 6.07) is 15.7. The number of nitrogens with one attached hydrogen (secondary N) is 2. The molecule has 1 heterocycles. The molecule has 1 aromatic heterocycles. The summed E-state index contributed by atoms with van der Waals surface area (Å²) in [5, 5.41) is 18.6. The number of para-hydroxylation sites is 2. The Hall–Kier alpha value is -3.65. The van der Waals surface area contributed by atoms with Crippen LogP contribution in [0.25, 0.3) is 0 Å². The molecule has 194 valence electrons. The zero-order valence-corrected chi connectivity index (χ0v) is 20.7. The van der Waals surface area contributed by atoms with Gasteiger partial charge in [-0.2, -0.15) is 23.1 Å². The Morgan fingerprint density at radius 1 is 0.972 bits per heavy atom. The average Bonchev–Trinajstić information content (AvgIpc) is 2.88. The van der Waals surface area contributed by atoms with E-state index in [0.29, 0.717) is 5.75 Å². The molecule has 3 rings (SSSR count). The van der Waals surface area contributed by atoms with Crippen LogP contribution in [0.5, 0.6) is 23.1 Å². The molecule has 0 unspecified atom stereocenters. The van der Waals surface area contributed by atoms with Gasteiger partial charge < -0.3 is 29.3 Å². The zero-order valence-electron chi connectivity index (χ0n) is 19.9. The molecule has 12 nitrogen and oxygen atoms in total. The lowest BCUT2D eigenvalue weighted by Crippen LogP contribution is -2.31. The third kappa shape index (κ3) is 7.42.